The van der Waals surface area contributed by atoms with Crippen molar-refractivity contribution in [3.05, 3.63) is 35.7 Å². The Kier molecular flexibility index (Phi) is 7.11. The van der Waals surface area contributed by atoms with Crippen molar-refractivity contribution in [3.8, 4) is 5.75 Å². The van der Waals surface area contributed by atoms with Crippen molar-refractivity contribution < 1.29 is 14.6 Å². The van der Waals surface area contributed by atoms with E-state index in [4.69, 9.17) is 9.84 Å². The lowest BCUT2D eigenvalue weighted by molar-refractivity contribution is 0.0697. The zero-order chi connectivity index (χ0) is 17.4. The van der Waals surface area contributed by atoms with E-state index in [0.29, 0.717) is 12.4 Å². The van der Waals surface area contributed by atoms with Crippen LogP contribution in [-0.2, 0) is 13.0 Å². The van der Waals surface area contributed by atoms with Gasteiger partial charge in [0.25, 0.3) is 0 Å². The molecule has 0 aliphatic carbocycles. The van der Waals surface area contributed by atoms with Gasteiger partial charge in [-0.15, -0.1) is 10.2 Å². The number of hydrogen-bond donors (Lipinski definition) is 1. The molecule has 0 saturated carbocycles. The van der Waals surface area contributed by atoms with Crippen LogP contribution >= 0.6 is 11.8 Å². The number of ether oxygens (including phenoxy) is 1. The summed E-state index contributed by atoms with van der Waals surface area (Å²) >= 11 is 1.62. The molecule has 0 saturated heterocycles. The monoisotopic (exact) mass is 349 g/mol. The van der Waals surface area contributed by atoms with Crippen LogP contribution in [0.25, 0.3) is 0 Å². The first-order valence-electron chi connectivity index (χ1n) is 8.16. The second-order valence-corrected chi connectivity index (χ2v) is 6.34. The van der Waals surface area contributed by atoms with E-state index in [1.54, 1.807) is 36.0 Å². The number of aromatic carboxylic acids is 1. The number of thioether (sulfide) groups is 1. The number of aryl methyl sites for hydroxylation is 1. The number of rotatable bonds is 10. The molecule has 24 heavy (non-hydrogen) atoms. The van der Waals surface area contributed by atoms with Crippen LogP contribution in [0.3, 0.4) is 0 Å². The van der Waals surface area contributed by atoms with Gasteiger partial charge in [0.15, 0.2) is 5.16 Å². The highest BCUT2D eigenvalue weighted by Gasteiger charge is 2.10. The summed E-state index contributed by atoms with van der Waals surface area (Å²) in [4.78, 5) is 10.8. The predicted octanol–water partition coefficient (Wildman–Crippen LogP) is 3.51. The van der Waals surface area contributed by atoms with E-state index in [-0.39, 0.29) is 5.56 Å². The first-order chi connectivity index (χ1) is 11.7. The zero-order valence-electron chi connectivity index (χ0n) is 14.1. The van der Waals surface area contributed by atoms with Gasteiger partial charge in [0, 0.05) is 18.7 Å². The Bertz CT molecular complexity index is 656. The smallest absolute Gasteiger partial charge is 0.335 e. The molecule has 0 aliphatic heterocycles. The lowest BCUT2D eigenvalue weighted by atomic mass is 10.2. The first-order valence-corrected chi connectivity index (χ1v) is 9.15. The van der Waals surface area contributed by atoms with Crippen molar-refractivity contribution in [3.63, 3.8) is 0 Å². The molecule has 1 heterocycles. The van der Waals surface area contributed by atoms with E-state index in [2.05, 4.69) is 28.6 Å². The molecule has 0 fully saturated rings. The van der Waals surface area contributed by atoms with E-state index in [1.807, 2.05) is 0 Å². The van der Waals surface area contributed by atoms with Crippen LogP contribution in [0.4, 0.5) is 0 Å². The lowest BCUT2D eigenvalue weighted by Crippen LogP contribution is -2.05. The molecule has 1 aromatic heterocycles. The third kappa shape index (κ3) is 4.99. The number of hydrogen-bond acceptors (Lipinski definition) is 5. The van der Waals surface area contributed by atoms with Gasteiger partial charge in [-0.2, -0.15) is 0 Å². The molecule has 1 N–H and O–H groups in total. The SMILES string of the molecule is CCCCc1nnc(SCCOc2ccc(C(=O)O)cc2)n1CC. The Balaban J connectivity index is 1.81. The molecular formula is C17H23N3O3S. The second-order valence-electron chi connectivity index (χ2n) is 5.27. The Labute approximate surface area is 146 Å². The maximum absolute atomic E-state index is 10.8. The van der Waals surface area contributed by atoms with Crippen LogP contribution in [0.2, 0.25) is 0 Å². The van der Waals surface area contributed by atoms with Crippen molar-refractivity contribution in [2.45, 2.75) is 44.8 Å². The Morgan fingerprint density at radius 2 is 2.00 bits per heavy atom. The molecule has 0 aliphatic rings. The van der Waals surface area contributed by atoms with Crippen molar-refractivity contribution in [2.75, 3.05) is 12.4 Å². The molecule has 0 radical (unpaired) electrons. The summed E-state index contributed by atoms with van der Waals surface area (Å²) in [7, 11) is 0. The maximum atomic E-state index is 10.8. The number of carboxylic acid groups (broad SMARTS) is 1. The number of nitrogens with zero attached hydrogens (tertiary/aromatic N) is 3. The van der Waals surface area contributed by atoms with E-state index < -0.39 is 5.97 Å². The van der Waals surface area contributed by atoms with Crippen LogP contribution in [0.5, 0.6) is 5.75 Å². The van der Waals surface area contributed by atoms with E-state index >= 15 is 0 Å². The highest BCUT2D eigenvalue weighted by atomic mass is 32.2. The fourth-order valence-electron chi connectivity index (χ4n) is 2.25. The molecule has 0 bridgehead atoms. The average Bonchev–Trinajstić information content (AvgIpc) is 2.99. The van der Waals surface area contributed by atoms with Gasteiger partial charge in [-0.05, 0) is 37.6 Å². The first kappa shape index (κ1) is 18.3. The van der Waals surface area contributed by atoms with Gasteiger partial charge < -0.3 is 14.4 Å². The predicted molar refractivity (Wildman–Crippen MR) is 93.9 cm³/mol. The summed E-state index contributed by atoms with van der Waals surface area (Å²) in [5.74, 6) is 1.54. The van der Waals surface area contributed by atoms with Crippen LogP contribution < -0.4 is 4.74 Å². The summed E-state index contributed by atoms with van der Waals surface area (Å²) in [5.41, 5.74) is 0.257. The molecular weight excluding hydrogens is 326 g/mol. The van der Waals surface area contributed by atoms with Crippen molar-refractivity contribution in [1.82, 2.24) is 14.8 Å². The van der Waals surface area contributed by atoms with Gasteiger partial charge in [0.1, 0.15) is 11.6 Å². The van der Waals surface area contributed by atoms with Gasteiger partial charge >= 0.3 is 5.97 Å². The Hall–Kier alpha value is -2.02. The molecule has 6 nitrogen and oxygen atoms in total. The Morgan fingerprint density at radius 3 is 2.62 bits per heavy atom. The number of carbonyl (C=O) groups is 1. The van der Waals surface area contributed by atoms with E-state index in [1.165, 1.54) is 0 Å². The molecule has 0 unspecified atom stereocenters. The molecule has 0 atom stereocenters. The molecule has 0 amide bonds. The topological polar surface area (TPSA) is 77.2 Å². The summed E-state index contributed by atoms with van der Waals surface area (Å²) < 4.78 is 7.79. The van der Waals surface area contributed by atoms with Crippen LogP contribution in [0, 0.1) is 0 Å². The molecule has 2 aromatic rings. The summed E-state index contributed by atoms with van der Waals surface area (Å²) in [6.45, 7) is 5.66. The molecule has 130 valence electrons. The largest absolute Gasteiger partial charge is 0.493 e. The standard InChI is InChI=1S/C17H23N3O3S/c1-3-5-6-15-18-19-17(20(15)4-2)24-12-11-23-14-9-7-13(8-10-14)16(21)22/h7-10H,3-6,11-12H2,1-2H3,(H,21,22). The highest BCUT2D eigenvalue weighted by Crippen LogP contribution is 2.19. The number of aromatic nitrogens is 3. The minimum absolute atomic E-state index is 0.257. The van der Waals surface area contributed by atoms with Crippen molar-refractivity contribution >= 4 is 17.7 Å². The molecule has 7 heteroatoms. The zero-order valence-corrected chi connectivity index (χ0v) is 14.9. The fourth-order valence-corrected chi connectivity index (χ4v) is 3.09. The van der Waals surface area contributed by atoms with Crippen LogP contribution in [-0.4, -0.2) is 38.2 Å². The summed E-state index contributed by atoms with van der Waals surface area (Å²) in [6.07, 6.45) is 3.23. The van der Waals surface area contributed by atoms with Gasteiger partial charge in [0.05, 0.1) is 12.2 Å². The quantitative estimate of drug-likeness (QED) is 0.522. The van der Waals surface area contributed by atoms with Crippen LogP contribution in [0.15, 0.2) is 29.4 Å². The van der Waals surface area contributed by atoms with Gasteiger partial charge in [-0.1, -0.05) is 25.1 Å². The fraction of sp³-hybridized carbons (Fsp3) is 0.471. The molecule has 2 rings (SSSR count). The highest BCUT2D eigenvalue weighted by molar-refractivity contribution is 7.99. The molecule has 0 spiro atoms. The summed E-state index contributed by atoms with van der Waals surface area (Å²) in [6, 6.07) is 6.42. The van der Waals surface area contributed by atoms with Gasteiger partial charge in [-0.25, -0.2) is 4.79 Å². The van der Waals surface area contributed by atoms with Gasteiger partial charge in [0.2, 0.25) is 0 Å². The van der Waals surface area contributed by atoms with E-state index in [0.717, 1.165) is 42.5 Å². The average molecular weight is 349 g/mol. The number of carboxylic acids is 1. The van der Waals surface area contributed by atoms with Crippen LogP contribution in [0.1, 0.15) is 42.9 Å². The van der Waals surface area contributed by atoms with Crippen molar-refractivity contribution in [1.29, 1.82) is 0 Å². The maximum Gasteiger partial charge on any atom is 0.335 e. The van der Waals surface area contributed by atoms with E-state index in [9.17, 15) is 4.79 Å². The minimum atomic E-state index is -0.935. The van der Waals surface area contributed by atoms with Crippen molar-refractivity contribution in [2.24, 2.45) is 0 Å². The molecule has 1 aromatic carbocycles. The summed E-state index contributed by atoms with van der Waals surface area (Å²) in [5, 5.41) is 18.3. The normalized spacial score (nSPS) is 10.8. The third-order valence-corrected chi connectivity index (χ3v) is 4.48. The second kappa shape index (κ2) is 9.32. The lowest BCUT2D eigenvalue weighted by Gasteiger charge is -2.08. The number of unbranched alkanes of at least 4 members (excludes halogenated alkanes) is 1. The number of benzene rings is 1. The Morgan fingerprint density at radius 1 is 1.25 bits per heavy atom. The minimum Gasteiger partial charge on any atom is -0.493 e. The van der Waals surface area contributed by atoms with Gasteiger partial charge in [-0.3, -0.25) is 0 Å². The third-order valence-electron chi connectivity index (χ3n) is 3.55.